The second kappa shape index (κ2) is 16.7. The van der Waals surface area contributed by atoms with Crippen LogP contribution < -0.4 is 4.90 Å². The lowest BCUT2D eigenvalue weighted by molar-refractivity contribution is 0.768. The number of benzene rings is 11. The van der Waals surface area contributed by atoms with Crippen LogP contribution in [-0.4, -0.2) is 4.57 Å². The Morgan fingerprint density at radius 3 is 1.43 bits per heavy atom. The van der Waals surface area contributed by atoms with Gasteiger partial charge in [0.25, 0.3) is 0 Å². The van der Waals surface area contributed by atoms with Gasteiger partial charge in [-0.2, -0.15) is 0 Å². The molecule has 1 aliphatic rings. The monoisotopic (exact) mass is 878 g/mol. The van der Waals surface area contributed by atoms with Crippen molar-refractivity contribution in [1.29, 1.82) is 0 Å². The van der Waals surface area contributed by atoms with Crippen LogP contribution in [0.4, 0.5) is 17.1 Å². The van der Waals surface area contributed by atoms with Gasteiger partial charge >= 0.3 is 0 Å². The van der Waals surface area contributed by atoms with Crippen LogP contribution in [-0.2, 0) is 5.41 Å². The van der Waals surface area contributed by atoms with E-state index in [9.17, 15) is 0 Å². The number of hydrogen-bond donors (Lipinski definition) is 0. The van der Waals surface area contributed by atoms with E-state index in [1.54, 1.807) is 0 Å². The molecule has 13 rings (SSSR count). The van der Waals surface area contributed by atoms with E-state index in [1.165, 1.54) is 83.0 Å². The fraction of sp³-hybridized carbons (Fsp3) is 0.0149. The maximum absolute atomic E-state index is 2.46. The van der Waals surface area contributed by atoms with Crippen LogP contribution >= 0.6 is 0 Å². The highest BCUT2D eigenvalue weighted by Crippen LogP contribution is 2.57. The van der Waals surface area contributed by atoms with Gasteiger partial charge in [-0.1, -0.05) is 212 Å². The maximum Gasteiger partial charge on any atom is 0.0714 e. The second-order valence-corrected chi connectivity index (χ2v) is 18.1. The molecule has 0 bridgehead atoms. The van der Waals surface area contributed by atoms with Crippen LogP contribution in [0.1, 0.15) is 22.3 Å². The lowest BCUT2D eigenvalue weighted by Crippen LogP contribution is -2.28. The molecule has 2 nitrogen and oxygen atoms in total. The molecular formula is C67H46N2. The topological polar surface area (TPSA) is 8.17 Å². The highest BCUT2D eigenvalue weighted by molar-refractivity contribution is 6.10. The third-order valence-electron chi connectivity index (χ3n) is 14.3. The molecule has 0 amide bonds. The summed E-state index contributed by atoms with van der Waals surface area (Å²) in [4.78, 5) is 2.44. The van der Waals surface area contributed by atoms with Crippen LogP contribution in [0.5, 0.6) is 0 Å². The Kier molecular flexibility index (Phi) is 9.77. The summed E-state index contributed by atoms with van der Waals surface area (Å²) < 4.78 is 2.40. The Morgan fingerprint density at radius 2 is 0.754 bits per heavy atom. The summed E-state index contributed by atoms with van der Waals surface area (Å²) >= 11 is 0. The molecule has 0 saturated heterocycles. The quantitative estimate of drug-likeness (QED) is 0.140. The molecular weight excluding hydrogens is 833 g/mol. The summed E-state index contributed by atoms with van der Waals surface area (Å²) in [5, 5.41) is 2.46. The van der Waals surface area contributed by atoms with Crippen molar-refractivity contribution in [2.24, 2.45) is 0 Å². The number of anilines is 3. The van der Waals surface area contributed by atoms with Crippen molar-refractivity contribution in [3.63, 3.8) is 0 Å². The van der Waals surface area contributed by atoms with E-state index in [0.717, 1.165) is 28.3 Å². The maximum atomic E-state index is 2.46. The van der Waals surface area contributed by atoms with Crippen LogP contribution in [0.15, 0.2) is 279 Å². The minimum absolute atomic E-state index is 0.520. The number of hydrogen-bond acceptors (Lipinski definition) is 1. The Hall–Kier alpha value is -8.98. The van der Waals surface area contributed by atoms with Crippen molar-refractivity contribution in [3.8, 4) is 50.2 Å². The van der Waals surface area contributed by atoms with E-state index in [1.807, 2.05) is 0 Å². The molecule has 2 heteroatoms. The lowest BCUT2D eigenvalue weighted by atomic mass is 9.67. The van der Waals surface area contributed by atoms with Crippen LogP contribution in [0.25, 0.3) is 72.0 Å². The Labute approximate surface area is 403 Å². The largest absolute Gasteiger partial charge is 0.310 e. The molecule has 0 unspecified atom stereocenters. The summed E-state index contributed by atoms with van der Waals surface area (Å²) in [6.45, 7) is 0. The van der Waals surface area contributed by atoms with Crippen molar-refractivity contribution in [2.45, 2.75) is 5.41 Å². The van der Waals surface area contributed by atoms with Crippen molar-refractivity contribution in [1.82, 2.24) is 4.57 Å². The molecule has 12 aromatic rings. The zero-order chi connectivity index (χ0) is 45.7. The molecule has 0 fully saturated rings. The fourth-order valence-electron chi connectivity index (χ4n) is 11.1. The van der Waals surface area contributed by atoms with Crippen molar-refractivity contribution < 1.29 is 0 Å². The van der Waals surface area contributed by atoms with Crippen molar-refractivity contribution in [3.05, 3.63) is 301 Å². The summed E-state index contributed by atoms with van der Waals surface area (Å²) in [7, 11) is 0. The molecule has 0 saturated carbocycles. The third-order valence-corrected chi connectivity index (χ3v) is 14.3. The van der Waals surface area contributed by atoms with Gasteiger partial charge in [-0.15, -0.1) is 0 Å². The summed E-state index contributed by atoms with van der Waals surface area (Å²) in [6.07, 6.45) is 0. The van der Waals surface area contributed by atoms with Crippen LogP contribution in [0, 0.1) is 0 Å². The summed E-state index contributed by atoms with van der Waals surface area (Å²) in [5.74, 6) is 0. The van der Waals surface area contributed by atoms with Crippen LogP contribution in [0.2, 0.25) is 0 Å². The SMILES string of the molecule is c1ccc(-c2ccc(N(c3cccc(-c4ccc5c(c4)c4ccccc4n5-c4ccc(-c5ccccc5)cc4)c3)c3ccc4c(c3)C(c3ccccc3)(c3ccccc3)c3ccccc3-4)cc2)cc1. The predicted octanol–water partition coefficient (Wildman–Crippen LogP) is 17.6. The molecule has 0 N–H and O–H groups in total. The molecule has 324 valence electrons. The number of aromatic nitrogens is 1. The molecule has 1 aliphatic carbocycles. The predicted molar refractivity (Wildman–Crippen MR) is 289 cm³/mol. The van der Waals surface area contributed by atoms with Gasteiger partial charge in [-0.25, -0.2) is 0 Å². The fourth-order valence-corrected chi connectivity index (χ4v) is 11.1. The normalized spacial score (nSPS) is 12.5. The zero-order valence-electron chi connectivity index (χ0n) is 38.0. The molecule has 0 radical (unpaired) electrons. The Bertz CT molecular complexity index is 3760. The summed E-state index contributed by atoms with van der Waals surface area (Å²) in [6, 6.07) is 102. The molecule has 0 spiro atoms. The Morgan fingerprint density at radius 1 is 0.275 bits per heavy atom. The van der Waals surface area contributed by atoms with Gasteiger partial charge in [-0.3, -0.25) is 0 Å². The number of rotatable bonds is 9. The van der Waals surface area contributed by atoms with Gasteiger partial charge in [0.05, 0.1) is 16.4 Å². The van der Waals surface area contributed by atoms with E-state index in [2.05, 4.69) is 289 Å². The van der Waals surface area contributed by atoms with Gasteiger partial charge in [0, 0.05) is 33.5 Å². The minimum Gasteiger partial charge on any atom is -0.310 e. The Balaban J connectivity index is 0.966. The third kappa shape index (κ3) is 6.72. The zero-order valence-corrected chi connectivity index (χ0v) is 38.0. The molecule has 0 atom stereocenters. The van der Waals surface area contributed by atoms with Crippen molar-refractivity contribution in [2.75, 3.05) is 4.90 Å². The minimum atomic E-state index is -0.520. The van der Waals surface area contributed by atoms with E-state index in [0.29, 0.717) is 0 Å². The standard InChI is InChI=1S/C67H46N2/c1-5-18-47(19-6-1)49-32-37-55(38-33-49)68(58-41-42-60-59-28-13-15-30-63(59)67(64(60)46-58,53-23-9-3-10-24-53)54-25-11-4-12-26-54)57-27-17-22-51(44-57)52-36-43-66-62(45-52)61-29-14-16-31-65(61)69(66)56-39-34-50(35-40-56)48-20-7-2-8-21-48/h1-46H. The van der Waals surface area contributed by atoms with Gasteiger partial charge in [0.15, 0.2) is 0 Å². The van der Waals surface area contributed by atoms with E-state index in [-0.39, 0.29) is 0 Å². The number of nitrogens with zero attached hydrogens (tertiary/aromatic N) is 2. The smallest absolute Gasteiger partial charge is 0.0714 e. The molecule has 11 aromatic carbocycles. The number of para-hydroxylation sites is 1. The first-order valence-corrected chi connectivity index (χ1v) is 23.8. The first-order chi connectivity index (χ1) is 34.2. The lowest BCUT2D eigenvalue weighted by Gasteiger charge is -2.35. The number of fused-ring (bicyclic) bond motifs is 6. The highest BCUT2D eigenvalue weighted by atomic mass is 15.1. The van der Waals surface area contributed by atoms with Crippen molar-refractivity contribution >= 4 is 38.9 Å². The van der Waals surface area contributed by atoms with Gasteiger partial charge in [-0.05, 0) is 133 Å². The van der Waals surface area contributed by atoms with E-state index < -0.39 is 5.41 Å². The summed E-state index contributed by atoms with van der Waals surface area (Å²) in [5.41, 5.74) is 21.0. The van der Waals surface area contributed by atoms with E-state index >= 15 is 0 Å². The molecule has 1 aromatic heterocycles. The average molecular weight is 879 g/mol. The first kappa shape index (κ1) is 40.3. The molecule has 69 heavy (non-hydrogen) atoms. The van der Waals surface area contributed by atoms with E-state index in [4.69, 9.17) is 0 Å². The molecule has 1 heterocycles. The van der Waals surface area contributed by atoms with Gasteiger partial charge in [0.1, 0.15) is 0 Å². The highest BCUT2D eigenvalue weighted by Gasteiger charge is 2.46. The second-order valence-electron chi connectivity index (χ2n) is 18.1. The first-order valence-electron chi connectivity index (χ1n) is 23.8. The van der Waals surface area contributed by atoms with Gasteiger partial charge < -0.3 is 9.47 Å². The van der Waals surface area contributed by atoms with Crippen LogP contribution in [0.3, 0.4) is 0 Å². The molecule has 0 aliphatic heterocycles. The average Bonchev–Trinajstić information content (AvgIpc) is 3.92. The van der Waals surface area contributed by atoms with Gasteiger partial charge in [0.2, 0.25) is 0 Å².